The molecule has 1 aromatic rings. The predicted molar refractivity (Wildman–Crippen MR) is 50.4 cm³/mol. The standard InChI is InChI=1S/C8H13N3O2S/c1-4-14(12,13)8-7(6(2)3)5-9-11-10-8/h5-6H,4H2,1-3H3/p+1. The Balaban J connectivity index is 3.35. The van der Waals surface area contributed by atoms with Crippen LogP contribution in [-0.2, 0) is 9.84 Å². The fourth-order valence-electron chi connectivity index (χ4n) is 1.08. The van der Waals surface area contributed by atoms with Gasteiger partial charge >= 0.3 is 5.03 Å². The topological polar surface area (TPSA) is 74.1 Å². The van der Waals surface area contributed by atoms with Crippen molar-refractivity contribution in [2.45, 2.75) is 31.7 Å². The minimum Gasteiger partial charge on any atom is -0.220 e. The number of hydrogen-bond donors (Lipinski definition) is 0. The van der Waals surface area contributed by atoms with Gasteiger partial charge in [0.25, 0.3) is 0 Å². The third-order valence-electron chi connectivity index (χ3n) is 1.96. The van der Waals surface area contributed by atoms with E-state index >= 15 is 0 Å². The highest BCUT2D eigenvalue weighted by atomic mass is 32.2. The van der Waals surface area contributed by atoms with Crippen molar-refractivity contribution in [3.05, 3.63) is 11.8 Å². The van der Waals surface area contributed by atoms with Crippen molar-refractivity contribution in [1.82, 2.24) is 10.3 Å². The monoisotopic (exact) mass is 216 g/mol. The van der Waals surface area contributed by atoms with Gasteiger partial charge in [0.2, 0.25) is 9.84 Å². The molecular formula is C8H14N3O2S+. The Kier molecular flexibility index (Phi) is 3.15. The second-order valence-electron chi connectivity index (χ2n) is 3.29. The number of H-pyrrole nitrogens is 1. The van der Waals surface area contributed by atoms with Gasteiger partial charge in [-0.15, -0.1) is 0 Å². The summed E-state index contributed by atoms with van der Waals surface area (Å²) in [6, 6.07) is 0. The SMILES string of the molecule is CCS(=O)(=O)c1nn[nH+]cc1C(C)C. The van der Waals surface area contributed by atoms with Crippen LogP contribution in [0.5, 0.6) is 0 Å². The lowest BCUT2D eigenvalue weighted by Gasteiger charge is -2.03. The molecule has 6 heteroatoms. The largest absolute Gasteiger partial charge is 0.300 e. The normalized spacial score (nSPS) is 12.0. The van der Waals surface area contributed by atoms with Crippen molar-refractivity contribution in [3.8, 4) is 0 Å². The van der Waals surface area contributed by atoms with Gasteiger partial charge in [-0.2, -0.15) is 5.10 Å². The predicted octanol–water partition coefficient (Wildman–Crippen LogP) is 0.208. The number of aromatic amines is 1. The molecule has 1 heterocycles. The molecule has 0 saturated carbocycles. The van der Waals surface area contributed by atoms with Crippen LogP contribution in [0.2, 0.25) is 0 Å². The highest BCUT2D eigenvalue weighted by Crippen LogP contribution is 2.19. The number of aromatic nitrogens is 3. The first-order valence-corrected chi connectivity index (χ1v) is 6.10. The molecule has 1 rings (SSSR count). The molecule has 0 atom stereocenters. The van der Waals surface area contributed by atoms with E-state index < -0.39 is 9.84 Å². The second-order valence-corrected chi connectivity index (χ2v) is 5.49. The fraction of sp³-hybridized carbons (Fsp3) is 0.625. The zero-order valence-corrected chi connectivity index (χ0v) is 9.30. The Morgan fingerprint density at radius 2 is 2.14 bits per heavy atom. The van der Waals surface area contributed by atoms with Gasteiger partial charge in [0.05, 0.1) is 16.4 Å². The molecule has 14 heavy (non-hydrogen) atoms. The molecule has 0 saturated heterocycles. The molecule has 0 aliphatic rings. The van der Waals surface area contributed by atoms with Crippen molar-refractivity contribution in [2.24, 2.45) is 0 Å². The highest BCUT2D eigenvalue weighted by Gasteiger charge is 2.26. The Hall–Kier alpha value is -1.04. The summed E-state index contributed by atoms with van der Waals surface area (Å²) in [6.07, 6.45) is 1.58. The summed E-state index contributed by atoms with van der Waals surface area (Å²) in [7, 11) is -3.27. The van der Waals surface area contributed by atoms with E-state index in [0.29, 0.717) is 5.56 Å². The van der Waals surface area contributed by atoms with Crippen LogP contribution in [0.3, 0.4) is 0 Å². The fourth-order valence-corrected chi connectivity index (χ4v) is 2.18. The lowest BCUT2D eigenvalue weighted by Crippen LogP contribution is -2.19. The Morgan fingerprint density at radius 1 is 1.50 bits per heavy atom. The van der Waals surface area contributed by atoms with Gasteiger partial charge in [-0.25, -0.2) is 8.42 Å². The third-order valence-corrected chi connectivity index (χ3v) is 3.63. The van der Waals surface area contributed by atoms with Gasteiger partial charge in [0.15, 0.2) is 0 Å². The van der Waals surface area contributed by atoms with Crippen LogP contribution in [0.1, 0.15) is 32.3 Å². The molecule has 0 aliphatic carbocycles. The molecule has 1 aromatic heterocycles. The molecule has 0 amide bonds. The van der Waals surface area contributed by atoms with Gasteiger partial charge in [0.1, 0.15) is 11.4 Å². The van der Waals surface area contributed by atoms with Gasteiger partial charge in [-0.3, -0.25) is 0 Å². The smallest absolute Gasteiger partial charge is 0.220 e. The van der Waals surface area contributed by atoms with Crippen LogP contribution in [-0.4, -0.2) is 24.5 Å². The minimum atomic E-state index is -3.27. The summed E-state index contributed by atoms with van der Waals surface area (Å²) in [4.78, 5) is 0. The average molecular weight is 216 g/mol. The van der Waals surface area contributed by atoms with E-state index in [1.807, 2.05) is 13.8 Å². The quantitative estimate of drug-likeness (QED) is 0.723. The summed E-state index contributed by atoms with van der Waals surface area (Å²) in [6.45, 7) is 5.43. The van der Waals surface area contributed by atoms with Crippen molar-refractivity contribution in [3.63, 3.8) is 0 Å². The number of hydrogen-bond acceptors (Lipinski definition) is 4. The molecule has 78 valence electrons. The van der Waals surface area contributed by atoms with E-state index in [-0.39, 0.29) is 16.7 Å². The van der Waals surface area contributed by atoms with Gasteiger partial charge < -0.3 is 0 Å². The van der Waals surface area contributed by atoms with Crippen molar-refractivity contribution in [2.75, 3.05) is 5.75 Å². The Bertz CT molecular complexity index is 414. The van der Waals surface area contributed by atoms with Crippen molar-refractivity contribution < 1.29 is 13.5 Å². The minimum absolute atomic E-state index is 0.0470. The van der Waals surface area contributed by atoms with Crippen LogP contribution in [0, 0.1) is 0 Å². The molecular weight excluding hydrogens is 202 g/mol. The van der Waals surface area contributed by atoms with E-state index in [0.717, 1.165) is 0 Å². The molecule has 5 nitrogen and oxygen atoms in total. The van der Waals surface area contributed by atoms with Crippen LogP contribution < -0.4 is 5.10 Å². The summed E-state index contributed by atoms with van der Waals surface area (Å²) in [5, 5.41) is 9.78. The van der Waals surface area contributed by atoms with Gasteiger partial charge in [-0.05, 0) is 5.92 Å². The molecule has 0 fully saturated rings. The van der Waals surface area contributed by atoms with Gasteiger partial charge in [-0.1, -0.05) is 20.8 Å². The van der Waals surface area contributed by atoms with Crippen molar-refractivity contribution in [1.29, 1.82) is 0 Å². The van der Waals surface area contributed by atoms with Crippen LogP contribution in [0.15, 0.2) is 11.2 Å². The van der Waals surface area contributed by atoms with E-state index in [9.17, 15) is 8.42 Å². The van der Waals surface area contributed by atoms with Crippen LogP contribution >= 0.6 is 0 Å². The molecule has 0 spiro atoms. The second kappa shape index (κ2) is 4.00. The summed E-state index contributed by atoms with van der Waals surface area (Å²) in [5.41, 5.74) is 0.682. The number of rotatable bonds is 3. The number of nitrogens with one attached hydrogen (secondary N) is 1. The first-order chi connectivity index (χ1) is 6.49. The molecule has 0 unspecified atom stereocenters. The lowest BCUT2D eigenvalue weighted by molar-refractivity contribution is -0.466. The van der Waals surface area contributed by atoms with Crippen LogP contribution in [0.4, 0.5) is 0 Å². The Labute approximate surface area is 83.5 Å². The van der Waals surface area contributed by atoms with Crippen molar-refractivity contribution >= 4 is 9.84 Å². The van der Waals surface area contributed by atoms with Crippen LogP contribution in [0.25, 0.3) is 0 Å². The zero-order chi connectivity index (χ0) is 10.8. The average Bonchev–Trinajstić information content (AvgIpc) is 2.18. The zero-order valence-electron chi connectivity index (χ0n) is 8.48. The Morgan fingerprint density at radius 3 is 2.64 bits per heavy atom. The first kappa shape index (κ1) is 11.0. The maximum atomic E-state index is 11.6. The molecule has 0 aliphatic heterocycles. The van der Waals surface area contributed by atoms with E-state index in [1.54, 1.807) is 13.1 Å². The summed E-state index contributed by atoms with van der Waals surface area (Å²) < 4.78 is 23.2. The molecule has 1 N–H and O–H groups in total. The van der Waals surface area contributed by atoms with Gasteiger partial charge in [0, 0.05) is 0 Å². The molecule has 0 radical (unpaired) electrons. The maximum Gasteiger partial charge on any atom is 0.300 e. The summed E-state index contributed by atoms with van der Waals surface area (Å²) >= 11 is 0. The molecule has 0 aromatic carbocycles. The highest BCUT2D eigenvalue weighted by molar-refractivity contribution is 7.91. The maximum absolute atomic E-state index is 11.6. The van der Waals surface area contributed by atoms with E-state index in [2.05, 4.69) is 15.4 Å². The molecule has 0 bridgehead atoms. The third kappa shape index (κ3) is 2.06. The van der Waals surface area contributed by atoms with E-state index in [4.69, 9.17) is 0 Å². The lowest BCUT2D eigenvalue weighted by atomic mass is 10.1. The number of nitrogens with zero attached hydrogens (tertiary/aromatic N) is 2. The summed E-state index contributed by atoms with van der Waals surface area (Å²) in [5.74, 6) is 0.156. The van der Waals surface area contributed by atoms with E-state index in [1.165, 1.54) is 0 Å². The number of sulfone groups is 1. The first-order valence-electron chi connectivity index (χ1n) is 4.45.